The standard InChI is InChI=1S/C10H18N2O3/c1-3-5-8(11)10(14)12-7-6-9(13)15-4-2/h3,8H,1,4-7,11H2,2H3,(H,12,14). The highest BCUT2D eigenvalue weighted by Gasteiger charge is 2.11. The van der Waals surface area contributed by atoms with E-state index in [9.17, 15) is 9.59 Å². The summed E-state index contributed by atoms with van der Waals surface area (Å²) >= 11 is 0. The summed E-state index contributed by atoms with van der Waals surface area (Å²) in [4.78, 5) is 22.1. The molecule has 0 aromatic rings. The molecule has 1 atom stereocenters. The number of rotatable bonds is 7. The molecule has 15 heavy (non-hydrogen) atoms. The van der Waals surface area contributed by atoms with Gasteiger partial charge in [-0.25, -0.2) is 0 Å². The van der Waals surface area contributed by atoms with Gasteiger partial charge < -0.3 is 15.8 Å². The van der Waals surface area contributed by atoms with E-state index in [1.165, 1.54) is 0 Å². The molecule has 0 aromatic heterocycles. The summed E-state index contributed by atoms with van der Waals surface area (Å²) in [5, 5.41) is 2.54. The van der Waals surface area contributed by atoms with Gasteiger partial charge in [-0.15, -0.1) is 6.58 Å². The van der Waals surface area contributed by atoms with Crippen LogP contribution in [0.25, 0.3) is 0 Å². The largest absolute Gasteiger partial charge is 0.466 e. The zero-order chi connectivity index (χ0) is 11.7. The van der Waals surface area contributed by atoms with Gasteiger partial charge in [0, 0.05) is 6.54 Å². The number of esters is 1. The molecule has 0 saturated carbocycles. The first-order valence-electron chi connectivity index (χ1n) is 4.91. The van der Waals surface area contributed by atoms with Crippen LogP contribution in [0.5, 0.6) is 0 Å². The molecule has 0 saturated heterocycles. The van der Waals surface area contributed by atoms with Gasteiger partial charge in [0.1, 0.15) is 0 Å². The minimum atomic E-state index is -0.593. The van der Waals surface area contributed by atoms with Crippen molar-refractivity contribution in [1.82, 2.24) is 5.32 Å². The average Bonchev–Trinajstić information content (AvgIpc) is 2.18. The van der Waals surface area contributed by atoms with Crippen LogP contribution in [0.15, 0.2) is 12.7 Å². The number of ether oxygens (including phenoxy) is 1. The molecule has 86 valence electrons. The van der Waals surface area contributed by atoms with Crippen LogP contribution < -0.4 is 11.1 Å². The van der Waals surface area contributed by atoms with Crippen LogP contribution in [0.4, 0.5) is 0 Å². The number of amides is 1. The smallest absolute Gasteiger partial charge is 0.307 e. The van der Waals surface area contributed by atoms with Crippen LogP contribution in [0.2, 0.25) is 0 Å². The normalized spacial score (nSPS) is 11.6. The van der Waals surface area contributed by atoms with Gasteiger partial charge in [0.2, 0.25) is 5.91 Å². The topological polar surface area (TPSA) is 81.4 Å². The number of carbonyl (C=O) groups is 2. The summed E-state index contributed by atoms with van der Waals surface area (Å²) in [7, 11) is 0. The third-order valence-corrected chi connectivity index (χ3v) is 1.69. The predicted molar refractivity (Wildman–Crippen MR) is 57.0 cm³/mol. The van der Waals surface area contributed by atoms with Crippen molar-refractivity contribution < 1.29 is 14.3 Å². The lowest BCUT2D eigenvalue weighted by molar-refractivity contribution is -0.143. The van der Waals surface area contributed by atoms with Crippen LogP contribution in [-0.2, 0) is 14.3 Å². The van der Waals surface area contributed by atoms with Crippen molar-refractivity contribution in [2.45, 2.75) is 25.8 Å². The monoisotopic (exact) mass is 214 g/mol. The molecule has 0 aliphatic rings. The van der Waals surface area contributed by atoms with Crippen molar-refractivity contribution in [3.63, 3.8) is 0 Å². The van der Waals surface area contributed by atoms with Gasteiger partial charge in [-0.2, -0.15) is 0 Å². The van der Waals surface area contributed by atoms with Crippen molar-refractivity contribution in [3.8, 4) is 0 Å². The Hall–Kier alpha value is -1.36. The van der Waals surface area contributed by atoms with E-state index < -0.39 is 6.04 Å². The Morgan fingerprint density at radius 2 is 2.27 bits per heavy atom. The van der Waals surface area contributed by atoms with E-state index in [-0.39, 0.29) is 24.8 Å². The maximum Gasteiger partial charge on any atom is 0.307 e. The van der Waals surface area contributed by atoms with E-state index in [0.29, 0.717) is 13.0 Å². The van der Waals surface area contributed by atoms with Gasteiger partial charge in [-0.05, 0) is 13.3 Å². The second kappa shape index (κ2) is 7.99. The predicted octanol–water partition coefficient (Wildman–Crippen LogP) is -0.0408. The van der Waals surface area contributed by atoms with Gasteiger partial charge >= 0.3 is 5.97 Å². The Morgan fingerprint density at radius 1 is 1.60 bits per heavy atom. The molecular weight excluding hydrogens is 196 g/mol. The van der Waals surface area contributed by atoms with Gasteiger partial charge in [0.05, 0.1) is 19.1 Å². The highest BCUT2D eigenvalue weighted by atomic mass is 16.5. The number of hydrogen-bond donors (Lipinski definition) is 2. The van der Waals surface area contributed by atoms with Crippen molar-refractivity contribution >= 4 is 11.9 Å². The molecule has 0 fully saturated rings. The summed E-state index contributed by atoms with van der Waals surface area (Å²) < 4.78 is 4.69. The zero-order valence-electron chi connectivity index (χ0n) is 8.99. The SMILES string of the molecule is C=CCC(N)C(=O)NCCC(=O)OCC. The van der Waals surface area contributed by atoms with Gasteiger partial charge in [0.15, 0.2) is 0 Å². The van der Waals surface area contributed by atoms with Gasteiger partial charge in [-0.1, -0.05) is 6.08 Å². The van der Waals surface area contributed by atoms with E-state index >= 15 is 0 Å². The maximum absolute atomic E-state index is 11.2. The minimum Gasteiger partial charge on any atom is -0.466 e. The quantitative estimate of drug-likeness (QED) is 0.460. The van der Waals surface area contributed by atoms with E-state index in [1.807, 2.05) is 0 Å². The molecule has 1 amide bonds. The highest BCUT2D eigenvalue weighted by molar-refractivity contribution is 5.82. The van der Waals surface area contributed by atoms with Crippen LogP contribution in [0, 0.1) is 0 Å². The van der Waals surface area contributed by atoms with Crippen LogP contribution >= 0.6 is 0 Å². The summed E-state index contributed by atoms with van der Waals surface area (Å²) in [5.41, 5.74) is 5.50. The summed E-state index contributed by atoms with van der Waals surface area (Å²) in [6.45, 7) is 5.82. The molecule has 5 heteroatoms. The Balaban J connectivity index is 3.62. The lowest BCUT2D eigenvalue weighted by Gasteiger charge is -2.09. The second-order valence-electron chi connectivity index (χ2n) is 2.98. The van der Waals surface area contributed by atoms with Crippen LogP contribution in [-0.4, -0.2) is 31.1 Å². The Labute approximate surface area is 89.7 Å². The second-order valence-corrected chi connectivity index (χ2v) is 2.98. The van der Waals surface area contributed by atoms with Crippen molar-refractivity contribution in [2.24, 2.45) is 5.73 Å². The molecule has 5 nitrogen and oxygen atoms in total. The highest BCUT2D eigenvalue weighted by Crippen LogP contribution is 1.89. The summed E-state index contributed by atoms with van der Waals surface area (Å²) in [6, 6.07) is -0.593. The lowest BCUT2D eigenvalue weighted by atomic mass is 10.2. The van der Waals surface area contributed by atoms with E-state index in [0.717, 1.165) is 0 Å². The first kappa shape index (κ1) is 13.6. The van der Waals surface area contributed by atoms with Crippen molar-refractivity contribution in [2.75, 3.05) is 13.2 Å². The number of hydrogen-bond acceptors (Lipinski definition) is 4. The third kappa shape index (κ3) is 6.68. The maximum atomic E-state index is 11.2. The molecule has 0 aliphatic carbocycles. The molecule has 0 aliphatic heterocycles. The average molecular weight is 214 g/mol. The first-order valence-corrected chi connectivity index (χ1v) is 4.91. The Morgan fingerprint density at radius 3 is 2.80 bits per heavy atom. The fraction of sp³-hybridized carbons (Fsp3) is 0.600. The molecule has 0 rings (SSSR count). The Bertz CT molecular complexity index is 229. The number of carbonyl (C=O) groups excluding carboxylic acids is 2. The van der Waals surface area contributed by atoms with E-state index in [4.69, 9.17) is 10.5 Å². The molecule has 0 bridgehead atoms. The molecular formula is C10H18N2O3. The molecule has 0 radical (unpaired) electrons. The summed E-state index contributed by atoms with van der Waals surface area (Å²) in [5.74, 6) is -0.603. The molecule has 3 N–H and O–H groups in total. The molecule has 1 unspecified atom stereocenters. The fourth-order valence-corrected chi connectivity index (χ4v) is 0.939. The summed E-state index contributed by atoms with van der Waals surface area (Å²) in [6.07, 6.45) is 2.17. The molecule has 0 heterocycles. The fourth-order valence-electron chi connectivity index (χ4n) is 0.939. The third-order valence-electron chi connectivity index (χ3n) is 1.69. The van der Waals surface area contributed by atoms with E-state index in [2.05, 4.69) is 11.9 Å². The van der Waals surface area contributed by atoms with E-state index in [1.54, 1.807) is 13.0 Å². The number of nitrogens with two attached hydrogens (primary N) is 1. The minimum absolute atomic E-state index is 0.167. The first-order chi connectivity index (χ1) is 7.11. The van der Waals surface area contributed by atoms with Crippen LogP contribution in [0.1, 0.15) is 19.8 Å². The zero-order valence-corrected chi connectivity index (χ0v) is 8.99. The molecule has 0 aromatic carbocycles. The van der Waals surface area contributed by atoms with Crippen LogP contribution in [0.3, 0.4) is 0 Å². The Kier molecular flexibility index (Phi) is 7.27. The van der Waals surface area contributed by atoms with Crippen molar-refractivity contribution in [3.05, 3.63) is 12.7 Å². The van der Waals surface area contributed by atoms with Crippen molar-refractivity contribution in [1.29, 1.82) is 0 Å². The lowest BCUT2D eigenvalue weighted by Crippen LogP contribution is -2.41. The van der Waals surface area contributed by atoms with Gasteiger partial charge in [-0.3, -0.25) is 9.59 Å². The van der Waals surface area contributed by atoms with Gasteiger partial charge in [0.25, 0.3) is 0 Å². The number of nitrogens with one attached hydrogen (secondary N) is 1. The molecule has 0 spiro atoms.